The van der Waals surface area contributed by atoms with Crippen molar-refractivity contribution in [1.82, 2.24) is 10.3 Å². The number of nitrogens with one attached hydrogen (secondary N) is 1. The maximum atomic E-state index is 12.1. The SMILES string of the molecule is CCOC1CC(NC(=O)c2cccnc2Cl)C1(C)C. The Morgan fingerprint density at radius 1 is 1.63 bits per heavy atom. The van der Waals surface area contributed by atoms with Crippen LogP contribution in [-0.2, 0) is 4.74 Å². The lowest BCUT2D eigenvalue weighted by Crippen LogP contribution is -2.62. The van der Waals surface area contributed by atoms with Crippen LogP contribution in [0.5, 0.6) is 0 Å². The first-order valence-corrected chi connectivity index (χ1v) is 6.87. The average molecular weight is 283 g/mol. The molecule has 1 aromatic rings. The van der Waals surface area contributed by atoms with Crippen molar-refractivity contribution in [2.24, 2.45) is 5.41 Å². The van der Waals surface area contributed by atoms with Gasteiger partial charge in [0.05, 0.1) is 11.7 Å². The summed E-state index contributed by atoms with van der Waals surface area (Å²) in [6, 6.07) is 3.49. The lowest BCUT2D eigenvalue weighted by atomic mass is 9.64. The van der Waals surface area contributed by atoms with Crippen LogP contribution in [-0.4, -0.2) is 29.6 Å². The molecule has 1 aliphatic carbocycles. The fourth-order valence-corrected chi connectivity index (χ4v) is 2.61. The summed E-state index contributed by atoms with van der Waals surface area (Å²) in [5, 5.41) is 3.24. The van der Waals surface area contributed by atoms with E-state index in [0.29, 0.717) is 12.2 Å². The van der Waals surface area contributed by atoms with Gasteiger partial charge in [0.15, 0.2) is 0 Å². The Morgan fingerprint density at radius 3 is 2.95 bits per heavy atom. The van der Waals surface area contributed by atoms with E-state index in [4.69, 9.17) is 16.3 Å². The molecule has 2 unspecified atom stereocenters. The van der Waals surface area contributed by atoms with E-state index < -0.39 is 0 Å². The standard InChI is InChI=1S/C14H19ClN2O2/c1-4-19-11-8-10(14(11,2)3)17-13(18)9-6-5-7-16-12(9)15/h5-7,10-11H,4,8H2,1-3H3,(H,17,18). The van der Waals surface area contributed by atoms with Gasteiger partial charge in [0.1, 0.15) is 5.15 Å². The summed E-state index contributed by atoms with van der Waals surface area (Å²) >= 11 is 5.92. The molecule has 1 amide bonds. The molecule has 0 bridgehead atoms. The topological polar surface area (TPSA) is 51.2 Å². The van der Waals surface area contributed by atoms with Crippen molar-refractivity contribution >= 4 is 17.5 Å². The Hall–Kier alpha value is -1.13. The molecular formula is C14H19ClN2O2. The second-order valence-corrected chi connectivity index (χ2v) is 5.73. The van der Waals surface area contributed by atoms with Gasteiger partial charge in [-0.25, -0.2) is 4.98 Å². The zero-order valence-electron chi connectivity index (χ0n) is 11.4. The third-order valence-electron chi connectivity index (χ3n) is 3.85. The van der Waals surface area contributed by atoms with Gasteiger partial charge in [0.2, 0.25) is 0 Å². The van der Waals surface area contributed by atoms with Gasteiger partial charge in [-0.2, -0.15) is 0 Å². The molecule has 0 aromatic carbocycles. The highest BCUT2D eigenvalue weighted by molar-refractivity contribution is 6.32. The molecule has 1 saturated carbocycles. The first-order valence-electron chi connectivity index (χ1n) is 6.49. The molecule has 0 aliphatic heterocycles. The number of rotatable bonds is 4. The fraction of sp³-hybridized carbons (Fsp3) is 0.571. The molecule has 5 heteroatoms. The van der Waals surface area contributed by atoms with E-state index in [-0.39, 0.29) is 28.6 Å². The minimum Gasteiger partial charge on any atom is -0.378 e. The molecule has 0 spiro atoms. The number of halogens is 1. The Labute approximate surface area is 118 Å². The Kier molecular flexibility index (Phi) is 4.11. The number of carbonyl (C=O) groups excluding carboxylic acids is 1. The van der Waals surface area contributed by atoms with Crippen LogP contribution in [0.3, 0.4) is 0 Å². The number of amides is 1. The lowest BCUT2D eigenvalue weighted by Gasteiger charge is -2.51. The van der Waals surface area contributed by atoms with Gasteiger partial charge in [0.25, 0.3) is 5.91 Å². The van der Waals surface area contributed by atoms with Crippen molar-refractivity contribution in [3.63, 3.8) is 0 Å². The number of hydrogen-bond donors (Lipinski definition) is 1. The average Bonchev–Trinajstić information content (AvgIpc) is 2.38. The van der Waals surface area contributed by atoms with E-state index in [1.165, 1.54) is 0 Å². The van der Waals surface area contributed by atoms with Gasteiger partial charge in [-0.05, 0) is 25.5 Å². The van der Waals surface area contributed by atoms with Crippen LogP contribution in [0.1, 0.15) is 37.6 Å². The molecule has 104 valence electrons. The number of aromatic nitrogens is 1. The molecule has 2 rings (SSSR count). The van der Waals surface area contributed by atoms with Gasteiger partial charge in [-0.3, -0.25) is 4.79 Å². The lowest BCUT2D eigenvalue weighted by molar-refractivity contribution is -0.111. The maximum Gasteiger partial charge on any atom is 0.254 e. The smallest absolute Gasteiger partial charge is 0.254 e. The van der Waals surface area contributed by atoms with Gasteiger partial charge < -0.3 is 10.1 Å². The second kappa shape index (κ2) is 5.47. The van der Waals surface area contributed by atoms with Crippen molar-refractivity contribution in [3.8, 4) is 0 Å². The minimum absolute atomic E-state index is 0.0552. The molecule has 1 N–H and O–H groups in total. The third kappa shape index (κ3) is 2.74. The first kappa shape index (κ1) is 14.3. The third-order valence-corrected chi connectivity index (χ3v) is 4.16. The summed E-state index contributed by atoms with van der Waals surface area (Å²) in [5.74, 6) is -0.175. The highest BCUT2D eigenvalue weighted by Crippen LogP contribution is 2.42. The maximum absolute atomic E-state index is 12.1. The molecule has 4 nitrogen and oxygen atoms in total. The van der Waals surface area contributed by atoms with Gasteiger partial charge in [-0.15, -0.1) is 0 Å². The molecule has 0 saturated heterocycles. The monoisotopic (exact) mass is 282 g/mol. The molecule has 1 aliphatic rings. The number of carbonyl (C=O) groups is 1. The van der Waals surface area contributed by atoms with Crippen molar-refractivity contribution in [2.75, 3.05) is 6.61 Å². The summed E-state index contributed by atoms with van der Waals surface area (Å²) in [6.07, 6.45) is 2.61. The Bertz CT molecular complexity index is 476. The van der Waals surface area contributed by atoms with Crippen molar-refractivity contribution < 1.29 is 9.53 Å². The largest absolute Gasteiger partial charge is 0.378 e. The predicted octanol–water partition coefficient (Wildman–Crippen LogP) is 2.67. The molecule has 1 fully saturated rings. The molecule has 2 atom stereocenters. The molecule has 1 aromatic heterocycles. The van der Waals surface area contributed by atoms with Crippen LogP contribution >= 0.6 is 11.6 Å². The van der Waals surface area contributed by atoms with E-state index >= 15 is 0 Å². The predicted molar refractivity (Wildman–Crippen MR) is 74.3 cm³/mol. The van der Waals surface area contributed by atoms with Crippen LogP contribution in [0.15, 0.2) is 18.3 Å². The summed E-state index contributed by atoms with van der Waals surface area (Å²) in [7, 11) is 0. The van der Waals surface area contributed by atoms with Crippen LogP contribution < -0.4 is 5.32 Å². The Morgan fingerprint density at radius 2 is 2.37 bits per heavy atom. The van der Waals surface area contributed by atoms with E-state index in [2.05, 4.69) is 24.1 Å². The summed E-state index contributed by atoms with van der Waals surface area (Å²) in [6.45, 7) is 6.89. The van der Waals surface area contributed by atoms with E-state index in [1.807, 2.05) is 6.92 Å². The number of pyridine rings is 1. The molecule has 19 heavy (non-hydrogen) atoms. The second-order valence-electron chi connectivity index (χ2n) is 5.37. The zero-order chi connectivity index (χ0) is 14.0. The zero-order valence-corrected chi connectivity index (χ0v) is 12.2. The van der Waals surface area contributed by atoms with E-state index in [0.717, 1.165) is 6.42 Å². The quantitative estimate of drug-likeness (QED) is 0.864. The van der Waals surface area contributed by atoms with E-state index in [9.17, 15) is 4.79 Å². The highest BCUT2D eigenvalue weighted by atomic mass is 35.5. The Balaban J connectivity index is 2.00. The molecule has 0 radical (unpaired) electrons. The van der Waals surface area contributed by atoms with Crippen LogP contribution in [0.2, 0.25) is 5.15 Å². The van der Waals surface area contributed by atoms with Gasteiger partial charge in [0, 0.05) is 24.3 Å². The molecule has 1 heterocycles. The van der Waals surface area contributed by atoms with E-state index in [1.54, 1.807) is 18.3 Å². The van der Waals surface area contributed by atoms with Crippen molar-refractivity contribution in [3.05, 3.63) is 29.0 Å². The fourth-order valence-electron chi connectivity index (χ4n) is 2.41. The summed E-state index contributed by atoms with van der Waals surface area (Å²) in [4.78, 5) is 16.1. The van der Waals surface area contributed by atoms with Crippen LogP contribution in [0.25, 0.3) is 0 Å². The highest BCUT2D eigenvalue weighted by Gasteiger charge is 2.49. The first-order chi connectivity index (χ1) is 8.96. The molecular weight excluding hydrogens is 264 g/mol. The van der Waals surface area contributed by atoms with Crippen LogP contribution in [0, 0.1) is 5.41 Å². The normalized spacial score (nSPS) is 24.6. The summed E-state index contributed by atoms with van der Waals surface area (Å²) < 4.78 is 5.64. The van der Waals surface area contributed by atoms with Crippen LogP contribution in [0.4, 0.5) is 0 Å². The van der Waals surface area contributed by atoms with Gasteiger partial charge >= 0.3 is 0 Å². The van der Waals surface area contributed by atoms with Gasteiger partial charge in [-0.1, -0.05) is 25.4 Å². The number of nitrogens with zero attached hydrogens (tertiary/aromatic N) is 1. The number of hydrogen-bond acceptors (Lipinski definition) is 3. The minimum atomic E-state index is -0.175. The number of ether oxygens (including phenoxy) is 1. The van der Waals surface area contributed by atoms with Crippen molar-refractivity contribution in [1.29, 1.82) is 0 Å². The summed E-state index contributed by atoms with van der Waals surface area (Å²) in [5.41, 5.74) is 0.361. The van der Waals surface area contributed by atoms with Crippen molar-refractivity contribution in [2.45, 2.75) is 39.3 Å².